The van der Waals surface area contributed by atoms with Crippen molar-refractivity contribution in [2.45, 2.75) is 45.3 Å². The third-order valence-corrected chi connectivity index (χ3v) is 7.75. The normalized spacial score (nSPS) is 18.8. The summed E-state index contributed by atoms with van der Waals surface area (Å²) in [4.78, 5) is 27.6. The Balaban J connectivity index is 1.26. The van der Waals surface area contributed by atoms with Crippen molar-refractivity contribution in [2.24, 2.45) is 5.92 Å². The summed E-state index contributed by atoms with van der Waals surface area (Å²) in [6.45, 7) is 5.62. The minimum atomic E-state index is 0.115. The van der Waals surface area contributed by atoms with Crippen LogP contribution in [0.4, 0.5) is 0 Å². The van der Waals surface area contributed by atoms with Gasteiger partial charge in [-0.15, -0.1) is 0 Å². The number of hydrogen-bond donors (Lipinski definition) is 4. The van der Waals surface area contributed by atoms with E-state index in [1.807, 2.05) is 30.3 Å². The molecule has 2 fully saturated rings. The van der Waals surface area contributed by atoms with Crippen LogP contribution in [0.15, 0.2) is 42.6 Å². The molecular formula is C29H35ClN6O3. The maximum absolute atomic E-state index is 11.5. The van der Waals surface area contributed by atoms with Gasteiger partial charge in [0.15, 0.2) is 0 Å². The first-order chi connectivity index (χ1) is 18.9. The second-order valence-corrected chi connectivity index (χ2v) is 10.7. The Morgan fingerprint density at radius 1 is 1.10 bits per heavy atom. The highest BCUT2D eigenvalue weighted by atomic mass is 35.5. The molecule has 2 aliphatic rings. The Bertz CT molecular complexity index is 1360. The van der Waals surface area contributed by atoms with Crippen LogP contribution in [0.2, 0.25) is 5.02 Å². The van der Waals surface area contributed by atoms with Gasteiger partial charge in [-0.2, -0.15) is 0 Å². The molecule has 39 heavy (non-hydrogen) atoms. The van der Waals surface area contributed by atoms with Crippen LogP contribution in [0, 0.1) is 12.8 Å². The smallest absolute Gasteiger partial charge is 0.220 e. The monoisotopic (exact) mass is 550 g/mol. The number of aromatic nitrogens is 2. The molecule has 2 aliphatic heterocycles. The molecule has 0 unspecified atom stereocenters. The number of pyridine rings is 1. The summed E-state index contributed by atoms with van der Waals surface area (Å²) in [6.07, 6.45) is 4.09. The lowest BCUT2D eigenvalue weighted by Crippen LogP contribution is -2.35. The number of halogens is 1. The summed E-state index contributed by atoms with van der Waals surface area (Å²) in [7, 11) is 1.61. The fourth-order valence-corrected chi connectivity index (χ4v) is 5.51. The van der Waals surface area contributed by atoms with Crippen LogP contribution in [0.3, 0.4) is 0 Å². The topological polar surface area (TPSA) is 109 Å². The van der Waals surface area contributed by atoms with E-state index in [0.717, 1.165) is 47.7 Å². The van der Waals surface area contributed by atoms with E-state index in [2.05, 4.69) is 45.0 Å². The summed E-state index contributed by atoms with van der Waals surface area (Å²) >= 11 is 6.79. The number of aryl methyl sites for hydroxylation is 1. The van der Waals surface area contributed by atoms with Crippen molar-refractivity contribution >= 4 is 23.4 Å². The molecule has 4 heterocycles. The van der Waals surface area contributed by atoms with E-state index in [1.165, 1.54) is 5.56 Å². The van der Waals surface area contributed by atoms with Crippen LogP contribution in [0.1, 0.15) is 36.1 Å². The fraction of sp³-hybridized carbons (Fsp3) is 0.414. The van der Waals surface area contributed by atoms with Crippen LogP contribution < -0.4 is 26.0 Å². The van der Waals surface area contributed by atoms with Crippen LogP contribution in [-0.4, -0.2) is 54.2 Å². The van der Waals surface area contributed by atoms with Crippen molar-refractivity contribution in [3.05, 3.63) is 64.4 Å². The van der Waals surface area contributed by atoms with Crippen LogP contribution in [0.25, 0.3) is 16.9 Å². The molecule has 2 atom stereocenters. The van der Waals surface area contributed by atoms with Gasteiger partial charge in [-0.3, -0.25) is 9.59 Å². The lowest BCUT2D eigenvalue weighted by molar-refractivity contribution is -0.120. The van der Waals surface area contributed by atoms with Gasteiger partial charge in [0.05, 0.1) is 17.8 Å². The SMILES string of the molecule is COc1nc(-c2ccc(-n3ccc(C)c3CNC[C@H]3CNC(=O)C3)cc2Cl)ccc1CNC[C@@H]1CCC(=O)N1. The molecule has 206 valence electrons. The fourth-order valence-electron chi connectivity index (χ4n) is 5.24. The van der Waals surface area contributed by atoms with E-state index < -0.39 is 0 Å². The maximum atomic E-state index is 11.5. The largest absolute Gasteiger partial charge is 0.481 e. The Morgan fingerprint density at radius 2 is 1.95 bits per heavy atom. The standard InChI is InChI=1S/C29H35ClN6O3/c1-18-9-10-36(26(18)17-31-13-19-11-28(38)33-14-19)22-5-6-23(24(30)12-22)25-7-3-20(29(35-25)39-2)15-32-16-21-4-8-27(37)34-21/h3,5-7,9-10,12,19,21,31-32H,4,8,11,13-17H2,1-2H3,(H,33,38)(H,34,37)/t19-,21-/m0/s1. The zero-order chi connectivity index (χ0) is 27.4. The van der Waals surface area contributed by atoms with Crippen molar-refractivity contribution in [3.63, 3.8) is 0 Å². The summed E-state index contributed by atoms with van der Waals surface area (Å²) in [5.41, 5.74) is 5.82. The minimum absolute atomic E-state index is 0.115. The number of carbonyl (C=O) groups excluding carboxylic acids is 2. The highest BCUT2D eigenvalue weighted by Gasteiger charge is 2.22. The summed E-state index contributed by atoms with van der Waals surface area (Å²) < 4.78 is 7.73. The maximum Gasteiger partial charge on any atom is 0.220 e. The van der Waals surface area contributed by atoms with E-state index in [1.54, 1.807) is 7.11 Å². The molecule has 0 bridgehead atoms. The van der Waals surface area contributed by atoms with Gasteiger partial charge in [0.25, 0.3) is 0 Å². The molecule has 0 aliphatic carbocycles. The Hall–Kier alpha value is -3.40. The molecule has 9 nitrogen and oxygen atoms in total. The van der Waals surface area contributed by atoms with Gasteiger partial charge in [0.1, 0.15) is 0 Å². The number of carbonyl (C=O) groups is 2. The van der Waals surface area contributed by atoms with Crippen LogP contribution >= 0.6 is 11.6 Å². The molecule has 5 rings (SSSR count). The summed E-state index contributed by atoms with van der Waals surface area (Å²) in [6, 6.07) is 12.2. The minimum Gasteiger partial charge on any atom is -0.481 e. The molecule has 0 radical (unpaired) electrons. The quantitative estimate of drug-likeness (QED) is 0.292. The molecule has 0 spiro atoms. The van der Waals surface area contributed by atoms with E-state index >= 15 is 0 Å². The van der Waals surface area contributed by atoms with Gasteiger partial charge in [0, 0.05) is 80.3 Å². The number of benzene rings is 1. The zero-order valence-corrected chi connectivity index (χ0v) is 23.1. The summed E-state index contributed by atoms with van der Waals surface area (Å²) in [5.74, 6) is 1.12. The van der Waals surface area contributed by atoms with Crippen molar-refractivity contribution in [3.8, 4) is 22.8 Å². The van der Waals surface area contributed by atoms with Crippen LogP contribution in [-0.2, 0) is 22.7 Å². The first-order valence-corrected chi connectivity index (χ1v) is 13.8. The Labute approximate surface area is 233 Å². The van der Waals surface area contributed by atoms with Crippen molar-refractivity contribution in [2.75, 3.05) is 26.7 Å². The van der Waals surface area contributed by atoms with Crippen molar-refractivity contribution < 1.29 is 14.3 Å². The molecule has 4 N–H and O–H groups in total. The second-order valence-electron chi connectivity index (χ2n) is 10.3. The van der Waals surface area contributed by atoms with E-state index in [0.29, 0.717) is 49.3 Å². The number of nitrogens with zero attached hydrogens (tertiary/aromatic N) is 2. The number of ether oxygens (including phenoxy) is 1. The molecule has 1 aromatic carbocycles. The molecule has 10 heteroatoms. The van der Waals surface area contributed by atoms with Gasteiger partial charge in [-0.1, -0.05) is 17.7 Å². The number of amides is 2. The molecule has 2 aromatic heterocycles. The third-order valence-electron chi connectivity index (χ3n) is 7.44. The van der Waals surface area contributed by atoms with Gasteiger partial charge in [-0.05, 0) is 55.2 Å². The molecule has 2 amide bonds. The Kier molecular flexibility index (Phi) is 8.50. The number of methoxy groups -OCH3 is 1. The van der Waals surface area contributed by atoms with Crippen LogP contribution in [0.5, 0.6) is 5.88 Å². The molecular weight excluding hydrogens is 516 g/mol. The summed E-state index contributed by atoms with van der Waals surface area (Å²) in [5, 5.41) is 13.4. The molecule has 2 saturated heterocycles. The first-order valence-electron chi connectivity index (χ1n) is 13.4. The van der Waals surface area contributed by atoms with E-state index in [4.69, 9.17) is 21.3 Å². The number of nitrogens with one attached hydrogen (secondary N) is 4. The van der Waals surface area contributed by atoms with Gasteiger partial charge in [-0.25, -0.2) is 4.98 Å². The highest BCUT2D eigenvalue weighted by Crippen LogP contribution is 2.32. The molecule has 3 aromatic rings. The Morgan fingerprint density at radius 3 is 2.67 bits per heavy atom. The third kappa shape index (κ3) is 6.43. The van der Waals surface area contributed by atoms with Gasteiger partial charge in [0.2, 0.25) is 17.7 Å². The number of hydrogen-bond acceptors (Lipinski definition) is 6. The average Bonchev–Trinajstić information content (AvgIpc) is 3.64. The van der Waals surface area contributed by atoms with Crippen molar-refractivity contribution in [1.29, 1.82) is 0 Å². The second kappa shape index (κ2) is 12.2. The van der Waals surface area contributed by atoms with Gasteiger partial charge < -0.3 is 30.6 Å². The van der Waals surface area contributed by atoms with E-state index in [-0.39, 0.29) is 17.9 Å². The predicted molar refractivity (Wildman–Crippen MR) is 151 cm³/mol. The zero-order valence-electron chi connectivity index (χ0n) is 22.4. The lowest BCUT2D eigenvalue weighted by Gasteiger charge is -2.15. The van der Waals surface area contributed by atoms with Gasteiger partial charge >= 0.3 is 0 Å². The lowest BCUT2D eigenvalue weighted by atomic mass is 10.1. The number of rotatable bonds is 11. The first kappa shape index (κ1) is 27.2. The average molecular weight is 551 g/mol. The molecule has 0 saturated carbocycles. The predicted octanol–water partition coefficient (Wildman–Crippen LogP) is 3.10. The van der Waals surface area contributed by atoms with E-state index in [9.17, 15) is 9.59 Å². The highest BCUT2D eigenvalue weighted by molar-refractivity contribution is 6.33. The van der Waals surface area contributed by atoms with Crippen molar-refractivity contribution in [1.82, 2.24) is 30.8 Å².